The number of amides is 2. The number of nitrogens with one attached hydrogen (secondary N) is 1. The molecular weight excluding hydrogens is 388 g/mol. The maximum Gasteiger partial charge on any atom is 0.242 e. The summed E-state index contributed by atoms with van der Waals surface area (Å²) in [5, 5.41) is 2.83. The molecule has 5 nitrogen and oxygen atoms in total. The van der Waals surface area contributed by atoms with E-state index < -0.39 is 6.04 Å². The molecule has 0 unspecified atom stereocenters. The van der Waals surface area contributed by atoms with Crippen LogP contribution in [0, 0.1) is 0 Å². The predicted molar refractivity (Wildman–Crippen MR) is 125 cm³/mol. The Morgan fingerprint density at radius 1 is 1.06 bits per heavy atom. The molecule has 0 bridgehead atoms. The Bertz CT molecular complexity index is 869. The predicted octanol–water partition coefficient (Wildman–Crippen LogP) is 4.48. The fourth-order valence-corrected chi connectivity index (χ4v) is 3.44. The number of carbonyl (C=O) groups excluding carboxylic acids is 2. The van der Waals surface area contributed by atoms with Gasteiger partial charge in [0.25, 0.3) is 0 Å². The molecule has 5 heteroatoms. The highest BCUT2D eigenvalue weighted by Crippen LogP contribution is 2.23. The van der Waals surface area contributed by atoms with Crippen molar-refractivity contribution in [2.24, 2.45) is 0 Å². The Kier molecular flexibility index (Phi) is 8.66. The molecule has 0 spiro atoms. The second-order valence-corrected chi connectivity index (χ2v) is 8.89. The lowest BCUT2D eigenvalue weighted by Crippen LogP contribution is -2.47. The Morgan fingerprint density at radius 3 is 2.32 bits per heavy atom. The number of aryl methyl sites for hydroxylation is 1. The van der Waals surface area contributed by atoms with Crippen molar-refractivity contribution in [1.82, 2.24) is 10.2 Å². The second kappa shape index (κ2) is 11.0. The van der Waals surface area contributed by atoms with Crippen LogP contribution in [0.2, 0.25) is 0 Å². The first kappa shape index (κ1) is 24.4. The van der Waals surface area contributed by atoms with Crippen LogP contribution in [-0.4, -0.2) is 36.4 Å². The van der Waals surface area contributed by atoms with E-state index in [9.17, 15) is 9.59 Å². The molecule has 2 aromatic rings. The Labute approximate surface area is 186 Å². The Morgan fingerprint density at radius 2 is 1.74 bits per heavy atom. The van der Waals surface area contributed by atoms with Crippen molar-refractivity contribution in [2.45, 2.75) is 65.5 Å². The molecule has 0 radical (unpaired) electrons. The number of rotatable bonds is 9. The highest BCUT2D eigenvalue weighted by Gasteiger charge is 2.25. The maximum atomic E-state index is 13.2. The topological polar surface area (TPSA) is 58.6 Å². The third kappa shape index (κ3) is 7.12. The Hall–Kier alpha value is -2.82. The van der Waals surface area contributed by atoms with Gasteiger partial charge in [-0.15, -0.1) is 0 Å². The zero-order chi connectivity index (χ0) is 23.0. The van der Waals surface area contributed by atoms with Gasteiger partial charge in [-0.1, -0.05) is 57.2 Å². The van der Waals surface area contributed by atoms with Gasteiger partial charge in [0.1, 0.15) is 11.8 Å². The van der Waals surface area contributed by atoms with Gasteiger partial charge in [-0.2, -0.15) is 0 Å². The van der Waals surface area contributed by atoms with Crippen molar-refractivity contribution in [1.29, 1.82) is 0 Å². The molecule has 0 heterocycles. The fraction of sp³-hybridized carbons (Fsp3) is 0.462. The van der Waals surface area contributed by atoms with Crippen LogP contribution in [0.3, 0.4) is 0 Å². The maximum absolute atomic E-state index is 13.2. The summed E-state index contributed by atoms with van der Waals surface area (Å²) in [5.41, 5.74) is 3.42. The second-order valence-electron chi connectivity index (χ2n) is 8.89. The van der Waals surface area contributed by atoms with Gasteiger partial charge in [0.15, 0.2) is 0 Å². The monoisotopic (exact) mass is 424 g/mol. The van der Waals surface area contributed by atoms with Crippen LogP contribution < -0.4 is 10.1 Å². The van der Waals surface area contributed by atoms with E-state index in [2.05, 4.69) is 50.4 Å². The van der Waals surface area contributed by atoms with Crippen LogP contribution in [0.1, 0.15) is 57.7 Å². The van der Waals surface area contributed by atoms with Crippen LogP contribution in [0.4, 0.5) is 0 Å². The van der Waals surface area contributed by atoms with E-state index in [1.165, 1.54) is 5.56 Å². The van der Waals surface area contributed by atoms with E-state index in [1.54, 1.807) is 18.9 Å². The minimum Gasteiger partial charge on any atom is -0.497 e. The minimum atomic E-state index is -0.554. The van der Waals surface area contributed by atoms with E-state index in [0.717, 1.165) is 16.9 Å². The molecule has 0 aromatic heterocycles. The average molecular weight is 425 g/mol. The third-order valence-corrected chi connectivity index (χ3v) is 5.45. The summed E-state index contributed by atoms with van der Waals surface area (Å²) in [7, 11) is 1.62. The van der Waals surface area contributed by atoms with Gasteiger partial charge in [0.2, 0.25) is 11.8 Å². The van der Waals surface area contributed by atoms with Gasteiger partial charge in [0.05, 0.1) is 7.11 Å². The Balaban J connectivity index is 2.14. The van der Waals surface area contributed by atoms with Gasteiger partial charge < -0.3 is 15.0 Å². The van der Waals surface area contributed by atoms with Gasteiger partial charge in [-0.25, -0.2) is 0 Å². The molecule has 2 aromatic carbocycles. The molecular formula is C26H36N2O3. The summed E-state index contributed by atoms with van der Waals surface area (Å²) < 4.78 is 5.30. The molecule has 2 amide bonds. The lowest BCUT2D eigenvalue weighted by molar-refractivity contribution is -0.140. The molecule has 1 N–H and O–H groups in total. The molecule has 0 fully saturated rings. The van der Waals surface area contributed by atoms with E-state index in [-0.39, 0.29) is 17.2 Å². The van der Waals surface area contributed by atoms with Crippen molar-refractivity contribution < 1.29 is 14.3 Å². The number of likely N-dealkylation sites (N-methyl/N-ethyl adjacent to an activating group) is 1. The summed E-state index contributed by atoms with van der Waals surface area (Å²) in [5.74, 6) is 0.546. The number of nitrogens with zero attached hydrogens (tertiary/aromatic N) is 1. The fourth-order valence-electron chi connectivity index (χ4n) is 3.44. The number of hydrogen-bond donors (Lipinski definition) is 1. The number of hydrogen-bond acceptors (Lipinski definition) is 3. The van der Waals surface area contributed by atoms with Crippen LogP contribution >= 0.6 is 0 Å². The molecule has 168 valence electrons. The van der Waals surface area contributed by atoms with E-state index in [1.807, 2.05) is 31.2 Å². The first-order chi connectivity index (χ1) is 14.7. The van der Waals surface area contributed by atoms with Crippen molar-refractivity contribution in [3.8, 4) is 5.75 Å². The number of carbonyl (C=O) groups is 2. The van der Waals surface area contributed by atoms with Crippen molar-refractivity contribution in [2.75, 3.05) is 13.7 Å². The molecule has 31 heavy (non-hydrogen) atoms. The van der Waals surface area contributed by atoms with Gasteiger partial charge >= 0.3 is 0 Å². The van der Waals surface area contributed by atoms with Crippen LogP contribution in [-0.2, 0) is 28.0 Å². The molecule has 0 aliphatic carbocycles. The summed E-state index contributed by atoms with van der Waals surface area (Å²) in [6.45, 7) is 11.1. The smallest absolute Gasteiger partial charge is 0.242 e. The number of benzene rings is 2. The first-order valence-electron chi connectivity index (χ1n) is 10.9. The quantitative estimate of drug-likeness (QED) is 0.646. The zero-order valence-electron chi connectivity index (χ0n) is 19.7. The highest BCUT2D eigenvalue weighted by atomic mass is 16.5. The SMILES string of the molecule is CCNC(=O)[C@H](C)N(Cc1cccc(OC)c1)C(=O)CCc1ccc(C(C)(C)C)cc1. The van der Waals surface area contributed by atoms with E-state index in [0.29, 0.717) is 25.9 Å². The normalized spacial score (nSPS) is 12.2. The third-order valence-electron chi connectivity index (χ3n) is 5.45. The summed E-state index contributed by atoms with van der Waals surface area (Å²) >= 11 is 0. The van der Waals surface area contributed by atoms with E-state index in [4.69, 9.17) is 4.74 Å². The zero-order valence-corrected chi connectivity index (χ0v) is 19.7. The molecule has 0 aliphatic rings. The van der Waals surface area contributed by atoms with Gasteiger partial charge in [0, 0.05) is 19.5 Å². The molecule has 1 atom stereocenters. The molecule has 0 saturated carbocycles. The molecule has 0 aliphatic heterocycles. The lowest BCUT2D eigenvalue weighted by Gasteiger charge is -2.29. The molecule has 2 rings (SSSR count). The summed E-state index contributed by atoms with van der Waals surface area (Å²) in [6, 6.07) is 15.5. The van der Waals surface area contributed by atoms with Crippen LogP contribution in [0.15, 0.2) is 48.5 Å². The standard InChI is InChI=1S/C26H36N2O3/c1-7-27-25(30)19(2)28(18-21-9-8-10-23(17-21)31-6)24(29)16-13-20-11-14-22(15-12-20)26(3,4)5/h8-12,14-15,17,19H,7,13,16,18H2,1-6H3,(H,27,30)/t19-/m0/s1. The van der Waals surface area contributed by atoms with Gasteiger partial charge in [-0.3, -0.25) is 9.59 Å². The summed E-state index contributed by atoms with van der Waals surface area (Å²) in [4.78, 5) is 27.3. The van der Waals surface area contributed by atoms with Crippen LogP contribution in [0.5, 0.6) is 5.75 Å². The average Bonchev–Trinajstić information content (AvgIpc) is 2.75. The van der Waals surface area contributed by atoms with Crippen molar-refractivity contribution >= 4 is 11.8 Å². The minimum absolute atomic E-state index is 0.0403. The first-order valence-corrected chi connectivity index (χ1v) is 10.9. The van der Waals surface area contributed by atoms with Crippen LogP contribution in [0.25, 0.3) is 0 Å². The largest absolute Gasteiger partial charge is 0.497 e. The van der Waals surface area contributed by atoms with Crippen molar-refractivity contribution in [3.05, 3.63) is 65.2 Å². The van der Waals surface area contributed by atoms with Crippen molar-refractivity contribution in [3.63, 3.8) is 0 Å². The number of methoxy groups -OCH3 is 1. The number of ether oxygens (including phenoxy) is 1. The lowest BCUT2D eigenvalue weighted by atomic mass is 9.86. The van der Waals surface area contributed by atoms with Gasteiger partial charge in [-0.05, 0) is 54.5 Å². The molecule has 0 saturated heterocycles. The summed E-state index contributed by atoms with van der Waals surface area (Å²) in [6.07, 6.45) is 0.989. The van der Waals surface area contributed by atoms with E-state index >= 15 is 0 Å². The highest BCUT2D eigenvalue weighted by molar-refractivity contribution is 5.87.